The number of benzene rings is 2. The van der Waals surface area contributed by atoms with Gasteiger partial charge in [0.15, 0.2) is 0 Å². The van der Waals surface area contributed by atoms with E-state index in [4.69, 9.17) is 4.74 Å². The Morgan fingerprint density at radius 1 is 0.943 bits per heavy atom. The number of aryl methyl sites for hydroxylation is 1. The van der Waals surface area contributed by atoms with Gasteiger partial charge in [-0.15, -0.1) is 0 Å². The maximum absolute atomic E-state index is 13.1. The summed E-state index contributed by atoms with van der Waals surface area (Å²) in [6.07, 6.45) is 4.03. The number of ether oxygens (including phenoxy) is 1. The minimum absolute atomic E-state index is 0.0866. The molecule has 0 spiro atoms. The zero-order valence-electron chi connectivity index (χ0n) is 19.7. The SMILES string of the molecule is CCc1ccc(N2C[C@H](C(=O)Oc3cccc(N4C(=O)[C@H]5[C@H]6CC[C@@H](C6)[C@@H]5C4=O)c3)CC2=O)cc1. The lowest BCUT2D eigenvalue weighted by Gasteiger charge is -2.19. The molecule has 2 aromatic rings. The smallest absolute Gasteiger partial charge is 0.316 e. The first kappa shape index (κ1) is 22.0. The third-order valence-electron chi connectivity index (χ3n) is 8.34. The van der Waals surface area contributed by atoms with Crippen LogP contribution >= 0.6 is 0 Å². The first-order valence-electron chi connectivity index (χ1n) is 12.5. The van der Waals surface area contributed by atoms with Crippen LogP contribution in [-0.2, 0) is 25.6 Å². The minimum atomic E-state index is -0.581. The molecule has 2 heterocycles. The molecule has 7 nitrogen and oxygen atoms in total. The molecule has 2 saturated carbocycles. The van der Waals surface area contributed by atoms with E-state index in [1.807, 2.05) is 24.3 Å². The van der Waals surface area contributed by atoms with Crippen LogP contribution in [0.15, 0.2) is 48.5 Å². The van der Waals surface area contributed by atoms with E-state index in [0.717, 1.165) is 31.4 Å². The number of imide groups is 1. The molecule has 0 unspecified atom stereocenters. The van der Waals surface area contributed by atoms with Crippen LogP contribution in [0.25, 0.3) is 0 Å². The Bertz CT molecular complexity index is 1190. The van der Waals surface area contributed by atoms with Crippen molar-refractivity contribution in [3.05, 3.63) is 54.1 Å². The predicted molar refractivity (Wildman–Crippen MR) is 129 cm³/mol. The van der Waals surface area contributed by atoms with Crippen LogP contribution in [0.5, 0.6) is 5.75 Å². The van der Waals surface area contributed by atoms with Crippen molar-refractivity contribution < 1.29 is 23.9 Å². The van der Waals surface area contributed by atoms with Gasteiger partial charge in [0, 0.05) is 24.7 Å². The number of carbonyl (C=O) groups excluding carboxylic acids is 4. The van der Waals surface area contributed by atoms with E-state index in [2.05, 4.69) is 6.92 Å². The van der Waals surface area contributed by atoms with Gasteiger partial charge in [0.2, 0.25) is 17.7 Å². The molecule has 6 rings (SSSR count). The lowest BCUT2D eigenvalue weighted by molar-refractivity contribution is -0.139. The van der Waals surface area contributed by atoms with Crippen LogP contribution in [0.2, 0.25) is 0 Å². The number of hydrogen-bond donors (Lipinski definition) is 0. The molecule has 180 valence electrons. The number of rotatable bonds is 5. The highest BCUT2D eigenvalue weighted by atomic mass is 16.5. The maximum Gasteiger partial charge on any atom is 0.316 e. The quantitative estimate of drug-likeness (QED) is 0.376. The predicted octanol–water partition coefficient (Wildman–Crippen LogP) is 3.74. The van der Waals surface area contributed by atoms with Crippen molar-refractivity contribution >= 4 is 35.1 Å². The third-order valence-corrected chi connectivity index (χ3v) is 8.34. The van der Waals surface area contributed by atoms with Crippen molar-refractivity contribution in [2.75, 3.05) is 16.3 Å². The summed E-state index contributed by atoms with van der Waals surface area (Å²) in [5.41, 5.74) is 2.40. The van der Waals surface area contributed by atoms with E-state index >= 15 is 0 Å². The van der Waals surface area contributed by atoms with Crippen molar-refractivity contribution in [1.29, 1.82) is 0 Å². The van der Waals surface area contributed by atoms with Gasteiger partial charge in [0.25, 0.3) is 0 Å². The van der Waals surface area contributed by atoms with Crippen molar-refractivity contribution in [2.45, 2.75) is 39.0 Å². The van der Waals surface area contributed by atoms with Gasteiger partial charge >= 0.3 is 5.97 Å². The van der Waals surface area contributed by atoms with Crippen LogP contribution in [0.1, 0.15) is 38.2 Å². The summed E-state index contributed by atoms with van der Waals surface area (Å²) in [6, 6.07) is 14.4. The highest BCUT2D eigenvalue weighted by Gasteiger charge is 2.61. The fraction of sp³-hybridized carbons (Fsp3) is 0.429. The molecule has 35 heavy (non-hydrogen) atoms. The number of anilines is 2. The summed E-state index contributed by atoms with van der Waals surface area (Å²) in [6.45, 7) is 2.33. The third kappa shape index (κ3) is 3.56. The largest absolute Gasteiger partial charge is 0.426 e. The molecular weight excluding hydrogens is 444 g/mol. The first-order chi connectivity index (χ1) is 16.9. The molecule has 3 amide bonds. The Labute approximate surface area is 204 Å². The van der Waals surface area contributed by atoms with Crippen LogP contribution in [-0.4, -0.2) is 30.2 Å². The molecule has 2 aliphatic carbocycles. The fourth-order valence-corrected chi connectivity index (χ4v) is 6.58. The molecule has 5 atom stereocenters. The molecular formula is C28H28N2O5. The van der Waals surface area contributed by atoms with Gasteiger partial charge in [0.1, 0.15) is 5.75 Å². The molecule has 2 aromatic carbocycles. The molecule has 0 N–H and O–H groups in total. The van der Waals surface area contributed by atoms with Gasteiger partial charge in [0.05, 0.1) is 23.4 Å². The summed E-state index contributed by atoms with van der Waals surface area (Å²) in [7, 11) is 0. The maximum atomic E-state index is 13.1. The second-order valence-corrected chi connectivity index (χ2v) is 10.2. The minimum Gasteiger partial charge on any atom is -0.426 e. The van der Waals surface area contributed by atoms with E-state index in [9.17, 15) is 19.2 Å². The molecule has 2 saturated heterocycles. The lowest BCUT2D eigenvalue weighted by Crippen LogP contribution is -2.32. The number of hydrogen-bond acceptors (Lipinski definition) is 5. The lowest BCUT2D eigenvalue weighted by atomic mass is 9.81. The van der Waals surface area contributed by atoms with Gasteiger partial charge in [-0.2, -0.15) is 0 Å². The van der Waals surface area contributed by atoms with Gasteiger partial charge in [-0.05, 0) is 67.3 Å². The highest BCUT2D eigenvalue weighted by molar-refractivity contribution is 6.22. The molecule has 4 fully saturated rings. The molecule has 0 radical (unpaired) electrons. The molecule has 0 aromatic heterocycles. The normalized spacial score (nSPS) is 29.3. The molecule has 7 heteroatoms. The van der Waals surface area contributed by atoms with Crippen LogP contribution in [0.4, 0.5) is 11.4 Å². The second-order valence-electron chi connectivity index (χ2n) is 10.2. The Kier molecular flexibility index (Phi) is 5.24. The van der Waals surface area contributed by atoms with Crippen LogP contribution in [0, 0.1) is 29.6 Å². The monoisotopic (exact) mass is 472 g/mol. The van der Waals surface area contributed by atoms with Gasteiger partial charge in [-0.3, -0.25) is 19.2 Å². The fourth-order valence-electron chi connectivity index (χ4n) is 6.58. The van der Waals surface area contributed by atoms with E-state index < -0.39 is 11.9 Å². The van der Waals surface area contributed by atoms with E-state index in [0.29, 0.717) is 17.5 Å². The number of esters is 1. The van der Waals surface area contributed by atoms with Crippen molar-refractivity contribution in [3.63, 3.8) is 0 Å². The molecule has 4 aliphatic rings. The van der Waals surface area contributed by atoms with Crippen molar-refractivity contribution in [1.82, 2.24) is 0 Å². The van der Waals surface area contributed by atoms with E-state index in [1.165, 1.54) is 10.5 Å². The first-order valence-corrected chi connectivity index (χ1v) is 12.5. The average molecular weight is 473 g/mol. The Morgan fingerprint density at radius 3 is 2.29 bits per heavy atom. The zero-order chi connectivity index (χ0) is 24.3. The summed E-state index contributed by atoms with van der Waals surface area (Å²) in [4.78, 5) is 54.7. The Balaban J connectivity index is 1.15. The number of amides is 3. The van der Waals surface area contributed by atoms with E-state index in [1.54, 1.807) is 29.2 Å². The van der Waals surface area contributed by atoms with Crippen molar-refractivity contribution in [2.24, 2.45) is 29.6 Å². The topological polar surface area (TPSA) is 84.0 Å². The standard InChI is InChI=1S/C28H28N2O5/c1-2-16-6-10-20(11-7-16)29-15-19(13-23(29)31)28(34)35-22-5-3-4-21(14-22)30-26(32)24-17-8-9-18(12-17)25(24)27(30)33/h3-7,10-11,14,17-19,24-25H,2,8-9,12-13,15H2,1H3/t17-,18-,19+,24-,25-/m0/s1. The van der Waals surface area contributed by atoms with Crippen LogP contribution < -0.4 is 14.5 Å². The number of fused-ring (bicyclic) bond motifs is 5. The molecule has 2 aliphatic heterocycles. The van der Waals surface area contributed by atoms with E-state index in [-0.39, 0.29) is 48.3 Å². The Hall–Kier alpha value is -3.48. The zero-order valence-corrected chi connectivity index (χ0v) is 19.7. The van der Waals surface area contributed by atoms with Crippen LogP contribution in [0.3, 0.4) is 0 Å². The summed E-state index contributed by atoms with van der Waals surface area (Å²) in [5, 5.41) is 0. The molecule has 2 bridgehead atoms. The van der Waals surface area contributed by atoms with Gasteiger partial charge in [-0.1, -0.05) is 25.1 Å². The summed E-state index contributed by atoms with van der Waals surface area (Å²) in [5.74, 6) is -0.931. The van der Waals surface area contributed by atoms with Crippen molar-refractivity contribution in [3.8, 4) is 5.75 Å². The number of carbonyl (C=O) groups is 4. The van der Waals surface area contributed by atoms with Gasteiger partial charge in [-0.25, -0.2) is 4.90 Å². The highest BCUT2D eigenvalue weighted by Crippen LogP contribution is 2.56. The average Bonchev–Trinajstić information content (AvgIpc) is 3.63. The summed E-state index contributed by atoms with van der Waals surface area (Å²) >= 11 is 0. The number of nitrogens with zero attached hydrogens (tertiary/aromatic N) is 2. The second kappa shape index (κ2) is 8.33. The Morgan fingerprint density at radius 2 is 1.63 bits per heavy atom. The van der Waals surface area contributed by atoms with Gasteiger partial charge < -0.3 is 9.64 Å². The summed E-state index contributed by atoms with van der Waals surface area (Å²) < 4.78 is 5.62.